The zero-order valence-electron chi connectivity index (χ0n) is 15.7. The van der Waals surface area contributed by atoms with Crippen molar-refractivity contribution in [3.63, 3.8) is 0 Å². The van der Waals surface area contributed by atoms with Crippen molar-refractivity contribution in [2.75, 3.05) is 32.8 Å². The molecule has 3 rings (SSSR count). The van der Waals surface area contributed by atoms with Crippen LogP contribution < -0.4 is 5.32 Å². The third-order valence-corrected chi connectivity index (χ3v) is 5.69. The summed E-state index contributed by atoms with van der Waals surface area (Å²) in [5.41, 5.74) is 0. The van der Waals surface area contributed by atoms with Crippen LogP contribution in [-0.2, 0) is 16.0 Å². The lowest BCUT2D eigenvalue weighted by atomic mass is 10.1. The van der Waals surface area contributed by atoms with E-state index in [-0.39, 0.29) is 24.0 Å². The first-order valence-corrected chi connectivity index (χ1v) is 10.5. The topological polar surface area (TPSA) is 46.1 Å². The summed E-state index contributed by atoms with van der Waals surface area (Å²) >= 11 is 1.76. The molecule has 2 fully saturated rings. The van der Waals surface area contributed by atoms with E-state index < -0.39 is 0 Å². The van der Waals surface area contributed by atoms with Gasteiger partial charge in [0.1, 0.15) is 0 Å². The molecular formula is C19H32IN3O2S. The number of halogens is 1. The molecule has 2 aliphatic heterocycles. The monoisotopic (exact) mass is 493 g/mol. The average Bonchev–Trinajstić information content (AvgIpc) is 3.18. The fraction of sp³-hybridized carbons (Fsp3) is 0.737. The zero-order chi connectivity index (χ0) is 17.3. The van der Waals surface area contributed by atoms with Crippen LogP contribution in [-0.4, -0.2) is 55.9 Å². The first kappa shape index (κ1) is 21.9. The molecule has 1 aromatic rings. The highest BCUT2D eigenvalue weighted by Crippen LogP contribution is 2.18. The van der Waals surface area contributed by atoms with Crippen molar-refractivity contribution in [1.82, 2.24) is 10.2 Å². The lowest BCUT2D eigenvalue weighted by molar-refractivity contribution is -0.0721. The van der Waals surface area contributed by atoms with Crippen molar-refractivity contribution in [2.45, 2.75) is 57.8 Å². The molecule has 148 valence electrons. The van der Waals surface area contributed by atoms with E-state index in [0.29, 0.717) is 12.2 Å². The van der Waals surface area contributed by atoms with Crippen molar-refractivity contribution >= 4 is 41.3 Å². The molecule has 0 aliphatic carbocycles. The largest absolute Gasteiger partial charge is 0.376 e. The molecule has 0 bridgehead atoms. The van der Waals surface area contributed by atoms with Crippen molar-refractivity contribution < 1.29 is 9.47 Å². The summed E-state index contributed by atoms with van der Waals surface area (Å²) in [6.45, 7) is 7.46. The predicted octanol–water partition coefficient (Wildman–Crippen LogP) is 3.88. The van der Waals surface area contributed by atoms with Crippen LogP contribution in [0.4, 0.5) is 0 Å². The summed E-state index contributed by atoms with van der Waals surface area (Å²) in [5.74, 6) is 1.03. The molecule has 2 saturated heterocycles. The van der Waals surface area contributed by atoms with E-state index in [2.05, 4.69) is 34.7 Å². The number of guanidine groups is 1. The van der Waals surface area contributed by atoms with Gasteiger partial charge in [0.05, 0.1) is 25.4 Å². The molecule has 0 amide bonds. The summed E-state index contributed by atoms with van der Waals surface area (Å²) in [6.07, 6.45) is 6.44. The van der Waals surface area contributed by atoms with Crippen LogP contribution in [0.2, 0.25) is 0 Å². The van der Waals surface area contributed by atoms with Crippen LogP contribution in [0.25, 0.3) is 0 Å². The summed E-state index contributed by atoms with van der Waals surface area (Å²) in [6, 6.07) is 4.23. The van der Waals surface area contributed by atoms with E-state index in [9.17, 15) is 0 Å². The molecule has 1 aromatic heterocycles. The number of likely N-dealkylation sites (tertiary alicyclic amines) is 1. The Bertz CT molecular complexity index is 513. The smallest absolute Gasteiger partial charge is 0.194 e. The Kier molecular flexibility index (Phi) is 10.2. The summed E-state index contributed by atoms with van der Waals surface area (Å²) in [4.78, 5) is 8.48. The molecule has 1 unspecified atom stereocenters. The lowest BCUT2D eigenvalue weighted by Gasteiger charge is -2.35. The minimum atomic E-state index is 0. The van der Waals surface area contributed by atoms with Gasteiger partial charge in [0.15, 0.2) is 5.96 Å². The summed E-state index contributed by atoms with van der Waals surface area (Å²) in [7, 11) is 0. The maximum absolute atomic E-state index is 6.12. The van der Waals surface area contributed by atoms with Crippen LogP contribution in [0, 0.1) is 0 Å². The second-order valence-corrected chi connectivity index (χ2v) is 7.79. The Hall–Kier alpha value is -0.380. The highest BCUT2D eigenvalue weighted by molar-refractivity contribution is 14.0. The standard InChI is InChI=1S/C19H31N3O2S.HI/c1-2-20-19(21-14-18-7-5-13-25-18)22-10-8-16(9-11-22)24-15-17-6-3-4-12-23-17;/h5,7,13,16-17H,2-4,6,8-12,14-15H2,1H3,(H,20,21);1H. The third-order valence-electron chi connectivity index (χ3n) is 4.83. The third kappa shape index (κ3) is 6.98. The molecule has 0 saturated carbocycles. The van der Waals surface area contributed by atoms with Gasteiger partial charge < -0.3 is 19.7 Å². The van der Waals surface area contributed by atoms with Crippen LogP contribution in [0.15, 0.2) is 22.5 Å². The Balaban J connectivity index is 0.00000243. The van der Waals surface area contributed by atoms with E-state index in [1.165, 1.54) is 17.7 Å². The van der Waals surface area contributed by atoms with Gasteiger partial charge in [-0.25, -0.2) is 4.99 Å². The maximum atomic E-state index is 6.12. The highest BCUT2D eigenvalue weighted by Gasteiger charge is 2.23. The van der Waals surface area contributed by atoms with Gasteiger partial charge >= 0.3 is 0 Å². The minimum Gasteiger partial charge on any atom is -0.376 e. The molecule has 3 heterocycles. The van der Waals surface area contributed by atoms with Crippen LogP contribution >= 0.6 is 35.3 Å². The Morgan fingerprint density at radius 2 is 2.19 bits per heavy atom. The van der Waals surface area contributed by atoms with Gasteiger partial charge in [-0.2, -0.15) is 0 Å². The molecule has 5 nitrogen and oxygen atoms in total. The van der Waals surface area contributed by atoms with Gasteiger partial charge in [-0.1, -0.05) is 6.07 Å². The first-order chi connectivity index (χ1) is 12.3. The van der Waals surface area contributed by atoms with E-state index in [4.69, 9.17) is 14.5 Å². The fourth-order valence-corrected chi connectivity index (χ4v) is 4.03. The van der Waals surface area contributed by atoms with Crippen molar-refractivity contribution in [3.8, 4) is 0 Å². The predicted molar refractivity (Wildman–Crippen MR) is 119 cm³/mol. The summed E-state index contributed by atoms with van der Waals surface area (Å²) in [5, 5.41) is 5.54. The minimum absolute atomic E-state index is 0. The van der Waals surface area contributed by atoms with Gasteiger partial charge in [0.25, 0.3) is 0 Å². The van der Waals surface area contributed by atoms with E-state index >= 15 is 0 Å². The van der Waals surface area contributed by atoms with Crippen LogP contribution in [0.1, 0.15) is 43.9 Å². The van der Waals surface area contributed by atoms with Crippen LogP contribution in [0.3, 0.4) is 0 Å². The second kappa shape index (κ2) is 12.2. The normalized spacial score (nSPS) is 22.1. The molecule has 0 radical (unpaired) electrons. The molecular weight excluding hydrogens is 461 g/mol. The Morgan fingerprint density at radius 3 is 2.85 bits per heavy atom. The molecule has 1 N–H and O–H groups in total. The number of thiophene rings is 1. The van der Waals surface area contributed by atoms with Crippen LogP contribution in [0.5, 0.6) is 0 Å². The summed E-state index contributed by atoms with van der Waals surface area (Å²) < 4.78 is 11.9. The fourth-order valence-electron chi connectivity index (χ4n) is 3.40. The lowest BCUT2D eigenvalue weighted by Crippen LogP contribution is -2.47. The van der Waals surface area contributed by atoms with E-state index in [1.54, 1.807) is 11.3 Å². The maximum Gasteiger partial charge on any atom is 0.194 e. The molecule has 0 aromatic carbocycles. The van der Waals surface area contributed by atoms with E-state index in [1.807, 2.05) is 0 Å². The number of aliphatic imine (C=N–C) groups is 1. The Labute approximate surface area is 178 Å². The van der Waals surface area contributed by atoms with Gasteiger partial charge in [0.2, 0.25) is 0 Å². The number of nitrogens with one attached hydrogen (secondary N) is 1. The highest BCUT2D eigenvalue weighted by atomic mass is 127. The van der Waals surface area contributed by atoms with E-state index in [0.717, 1.165) is 64.6 Å². The second-order valence-electron chi connectivity index (χ2n) is 6.76. The molecule has 1 atom stereocenters. The number of hydrogen-bond acceptors (Lipinski definition) is 4. The Morgan fingerprint density at radius 1 is 1.35 bits per heavy atom. The number of hydrogen-bond donors (Lipinski definition) is 1. The van der Waals surface area contributed by atoms with Gasteiger partial charge in [-0.05, 0) is 50.5 Å². The quantitative estimate of drug-likeness (QED) is 0.371. The number of ether oxygens (including phenoxy) is 2. The van der Waals surface area contributed by atoms with Crippen molar-refractivity contribution in [2.24, 2.45) is 4.99 Å². The zero-order valence-corrected chi connectivity index (χ0v) is 18.8. The van der Waals surface area contributed by atoms with Gasteiger partial charge in [0, 0.05) is 31.1 Å². The van der Waals surface area contributed by atoms with Gasteiger partial charge in [-0.15, -0.1) is 35.3 Å². The average molecular weight is 493 g/mol. The van der Waals surface area contributed by atoms with Crippen molar-refractivity contribution in [3.05, 3.63) is 22.4 Å². The molecule has 26 heavy (non-hydrogen) atoms. The number of piperidine rings is 1. The number of rotatable bonds is 6. The molecule has 2 aliphatic rings. The molecule has 7 heteroatoms. The molecule has 0 spiro atoms. The first-order valence-electron chi connectivity index (χ1n) is 9.64. The van der Waals surface area contributed by atoms with Crippen molar-refractivity contribution in [1.29, 1.82) is 0 Å². The number of nitrogens with zero attached hydrogens (tertiary/aromatic N) is 2. The van der Waals surface area contributed by atoms with Gasteiger partial charge in [-0.3, -0.25) is 0 Å². The SMILES string of the molecule is CCNC(=NCc1cccs1)N1CCC(OCC2CCCCO2)CC1.I.